The minimum Gasteiger partial charge on any atom is -0.507 e. The van der Waals surface area contributed by atoms with Crippen molar-refractivity contribution in [2.45, 2.75) is 65.3 Å². The number of ether oxygens (including phenoxy) is 1. The van der Waals surface area contributed by atoms with Gasteiger partial charge in [0.15, 0.2) is 5.60 Å². The molecule has 1 aliphatic carbocycles. The molecule has 0 saturated carbocycles. The van der Waals surface area contributed by atoms with Gasteiger partial charge < -0.3 is 9.84 Å². The van der Waals surface area contributed by atoms with E-state index in [9.17, 15) is 5.11 Å². The Balaban J connectivity index is 1.43. The topological polar surface area (TPSA) is 47.9 Å². The molecule has 1 N–H and O–H groups in total. The molecule has 2 aliphatic heterocycles. The van der Waals surface area contributed by atoms with Gasteiger partial charge in [0.25, 0.3) is 5.79 Å². The van der Waals surface area contributed by atoms with Crippen molar-refractivity contribution in [2.75, 3.05) is 6.61 Å². The van der Waals surface area contributed by atoms with Crippen LogP contribution in [0.3, 0.4) is 0 Å². The Morgan fingerprint density at radius 2 is 1.46 bits per heavy atom. The minimum atomic E-state index is -1.05. The molecule has 3 aromatic rings. The van der Waals surface area contributed by atoms with Crippen LogP contribution in [-0.2, 0) is 25.7 Å². The SMILES string of the molecule is CC1(C)c2ccccc2-c2ccc(-c3ccc(C45OCC(C)(C)C4(C(C)(C)C)OO5)cc3O)cc21. The second kappa shape index (κ2) is 6.76. The van der Waals surface area contributed by atoms with Crippen LogP contribution in [-0.4, -0.2) is 17.3 Å². The van der Waals surface area contributed by atoms with Crippen LogP contribution in [0.5, 0.6) is 5.75 Å². The Kier molecular flexibility index (Phi) is 4.40. The molecule has 182 valence electrons. The summed E-state index contributed by atoms with van der Waals surface area (Å²) in [4.78, 5) is 11.7. The van der Waals surface area contributed by atoms with Gasteiger partial charge in [0, 0.05) is 27.4 Å². The van der Waals surface area contributed by atoms with Crippen LogP contribution in [0.2, 0.25) is 0 Å². The lowest BCUT2D eigenvalue weighted by Crippen LogP contribution is -2.72. The number of phenols is 1. The molecule has 3 aromatic carbocycles. The van der Waals surface area contributed by atoms with Crippen molar-refractivity contribution in [3.05, 3.63) is 77.4 Å². The van der Waals surface area contributed by atoms with Gasteiger partial charge >= 0.3 is 0 Å². The van der Waals surface area contributed by atoms with E-state index in [1.54, 1.807) is 6.07 Å². The molecular formula is C31H34O4. The maximum Gasteiger partial charge on any atom is 0.261 e. The minimum absolute atomic E-state index is 0.0941. The molecule has 2 fully saturated rings. The molecule has 2 heterocycles. The van der Waals surface area contributed by atoms with Crippen molar-refractivity contribution < 1.29 is 19.6 Å². The lowest BCUT2D eigenvalue weighted by atomic mass is 9.57. The van der Waals surface area contributed by atoms with Crippen LogP contribution in [0.25, 0.3) is 22.3 Å². The monoisotopic (exact) mass is 470 g/mol. The first-order chi connectivity index (χ1) is 16.4. The third-order valence-electron chi connectivity index (χ3n) is 8.67. The predicted molar refractivity (Wildman–Crippen MR) is 137 cm³/mol. The Morgan fingerprint density at radius 3 is 2.11 bits per heavy atom. The maximum absolute atomic E-state index is 11.2. The van der Waals surface area contributed by atoms with Crippen LogP contribution in [0.4, 0.5) is 0 Å². The number of fused-ring (bicyclic) bond motifs is 4. The first-order valence-electron chi connectivity index (χ1n) is 12.4. The van der Waals surface area contributed by atoms with Crippen LogP contribution in [0.15, 0.2) is 60.7 Å². The summed E-state index contributed by atoms with van der Waals surface area (Å²) in [6.45, 7) is 15.8. The van der Waals surface area contributed by atoms with Crippen molar-refractivity contribution in [3.63, 3.8) is 0 Å². The van der Waals surface area contributed by atoms with Gasteiger partial charge in [0.2, 0.25) is 0 Å². The number of hydrogen-bond donors (Lipinski definition) is 1. The molecule has 0 amide bonds. The van der Waals surface area contributed by atoms with Crippen molar-refractivity contribution in [1.29, 1.82) is 0 Å². The molecular weight excluding hydrogens is 436 g/mol. The number of rotatable bonds is 2. The summed E-state index contributed by atoms with van der Waals surface area (Å²) in [7, 11) is 0. The molecule has 4 nitrogen and oxygen atoms in total. The second-order valence-electron chi connectivity index (χ2n) is 12.5. The van der Waals surface area contributed by atoms with Gasteiger partial charge in [-0.05, 0) is 39.9 Å². The fraction of sp³-hybridized carbons (Fsp3) is 0.419. The van der Waals surface area contributed by atoms with Crippen LogP contribution in [0, 0.1) is 10.8 Å². The highest BCUT2D eigenvalue weighted by Crippen LogP contribution is 2.69. The highest BCUT2D eigenvalue weighted by atomic mass is 17.3. The van der Waals surface area contributed by atoms with Gasteiger partial charge in [0.1, 0.15) is 5.75 Å². The van der Waals surface area contributed by atoms with E-state index in [1.807, 2.05) is 12.1 Å². The number of aromatic hydroxyl groups is 1. The van der Waals surface area contributed by atoms with E-state index in [0.29, 0.717) is 6.61 Å². The van der Waals surface area contributed by atoms with Gasteiger partial charge in [-0.2, -0.15) is 4.89 Å². The lowest BCUT2D eigenvalue weighted by Gasteiger charge is -2.61. The normalized spacial score (nSPS) is 27.6. The molecule has 2 unspecified atom stereocenters. The van der Waals surface area contributed by atoms with E-state index < -0.39 is 11.4 Å². The summed E-state index contributed by atoms with van der Waals surface area (Å²) in [5.41, 5.74) is 6.45. The van der Waals surface area contributed by atoms with Gasteiger partial charge in [-0.15, -0.1) is 0 Å². The van der Waals surface area contributed by atoms with Crippen molar-refractivity contribution in [1.82, 2.24) is 0 Å². The van der Waals surface area contributed by atoms with E-state index in [-0.39, 0.29) is 22.0 Å². The molecule has 3 aliphatic rings. The largest absolute Gasteiger partial charge is 0.507 e. The predicted octanol–water partition coefficient (Wildman–Crippen LogP) is 7.32. The van der Waals surface area contributed by atoms with Crippen LogP contribution in [0.1, 0.15) is 65.2 Å². The second-order valence-corrected chi connectivity index (χ2v) is 12.5. The summed E-state index contributed by atoms with van der Waals surface area (Å²) in [6, 6.07) is 20.9. The summed E-state index contributed by atoms with van der Waals surface area (Å²) in [5, 5.41) is 11.2. The summed E-state index contributed by atoms with van der Waals surface area (Å²) in [6.07, 6.45) is 0. The molecule has 2 saturated heterocycles. The van der Waals surface area contributed by atoms with Gasteiger partial charge in [-0.3, -0.25) is 0 Å². The first kappa shape index (κ1) is 22.8. The fourth-order valence-electron chi connectivity index (χ4n) is 7.09. The number of hydrogen-bond acceptors (Lipinski definition) is 4. The average molecular weight is 471 g/mol. The molecule has 0 aromatic heterocycles. The van der Waals surface area contributed by atoms with Gasteiger partial charge in [0.05, 0.1) is 6.61 Å². The summed E-state index contributed by atoms with van der Waals surface area (Å²) < 4.78 is 6.34. The Bertz CT molecular complexity index is 1360. The first-order valence-corrected chi connectivity index (χ1v) is 12.4. The smallest absolute Gasteiger partial charge is 0.261 e. The van der Waals surface area contributed by atoms with Crippen molar-refractivity contribution in [2.24, 2.45) is 10.8 Å². The molecule has 4 heteroatoms. The van der Waals surface area contributed by atoms with Crippen LogP contribution < -0.4 is 0 Å². The molecule has 35 heavy (non-hydrogen) atoms. The molecule has 0 bridgehead atoms. The highest BCUT2D eigenvalue weighted by molar-refractivity contribution is 5.84. The Morgan fingerprint density at radius 1 is 0.771 bits per heavy atom. The van der Waals surface area contributed by atoms with E-state index in [1.165, 1.54) is 22.3 Å². The average Bonchev–Trinajstić information content (AvgIpc) is 3.09. The molecule has 6 rings (SSSR count). The van der Waals surface area contributed by atoms with Gasteiger partial charge in [-0.25, -0.2) is 4.89 Å². The molecule has 2 atom stereocenters. The zero-order valence-electron chi connectivity index (χ0n) is 21.7. The standard InChI is InChI=1S/C31H34O4/c1-27(2,3)31-28(4,5)18-33-30(31,34-35-31)20-13-15-21(26(32)17-20)19-12-14-23-22-10-8-9-11-24(22)29(6,7)25(23)16-19/h8-17,32H,18H2,1-7H3. The zero-order valence-corrected chi connectivity index (χ0v) is 21.7. The van der Waals surface area contributed by atoms with Crippen molar-refractivity contribution in [3.8, 4) is 28.0 Å². The van der Waals surface area contributed by atoms with Crippen molar-refractivity contribution >= 4 is 0 Å². The van der Waals surface area contributed by atoms with E-state index in [4.69, 9.17) is 14.5 Å². The summed E-state index contributed by atoms with van der Waals surface area (Å²) in [5.74, 6) is -0.844. The third kappa shape index (κ3) is 2.63. The third-order valence-corrected chi connectivity index (χ3v) is 8.67. The van der Waals surface area contributed by atoms with Gasteiger partial charge in [-0.1, -0.05) is 97.0 Å². The Hall–Kier alpha value is -2.66. The zero-order chi connectivity index (χ0) is 25.0. The Labute approximate surface area is 207 Å². The molecule has 0 radical (unpaired) electrons. The van der Waals surface area contributed by atoms with Crippen LogP contribution >= 0.6 is 0 Å². The molecule has 0 spiro atoms. The fourth-order valence-corrected chi connectivity index (χ4v) is 7.09. The van der Waals surface area contributed by atoms with E-state index in [2.05, 4.69) is 90.9 Å². The van der Waals surface area contributed by atoms with E-state index >= 15 is 0 Å². The highest BCUT2D eigenvalue weighted by Gasteiger charge is 2.81. The maximum atomic E-state index is 11.2. The van der Waals surface area contributed by atoms with E-state index in [0.717, 1.165) is 16.7 Å². The number of phenolic OH excluding ortho intramolecular Hbond substituents is 1. The number of benzene rings is 3. The summed E-state index contributed by atoms with van der Waals surface area (Å²) >= 11 is 0. The quantitative estimate of drug-likeness (QED) is 0.399. The lowest BCUT2D eigenvalue weighted by molar-refractivity contribution is -0.626.